The van der Waals surface area contributed by atoms with Crippen molar-refractivity contribution in [3.63, 3.8) is 0 Å². The lowest BCUT2D eigenvalue weighted by molar-refractivity contribution is -0.286. The van der Waals surface area contributed by atoms with Crippen molar-refractivity contribution < 1.29 is 18.3 Å². The lowest BCUT2D eigenvalue weighted by atomic mass is 10.1. The van der Waals surface area contributed by atoms with Gasteiger partial charge >= 0.3 is 6.29 Å². The Balaban J connectivity index is 1.98. The second kappa shape index (κ2) is 4.40. The fraction of sp³-hybridized carbons (Fsp3) is 0.357. The molecule has 2 N–H and O–H groups in total. The molecule has 0 aliphatic carbocycles. The molecule has 7 nitrogen and oxygen atoms in total. The van der Waals surface area contributed by atoms with Crippen LogP contribution in [-0.2, 0) is 6.42 Å². The molecule has 2 aromatic heterocycles. The van der Waals surface area contributed by atoms with Gasteiger partial charge in [0.05, 0.1) is 0 Å². The smallest absolute Gasteiger partial charge is 0.395 e. The van der Waals surface area contributed by atoms with E-state index in [1.807, 2.05) is 13.8 Å². The van der Waals surface area contributed by atoms with Crippen LogP contribution in [0.1, 0.15) is 19.7 Å². The Morgan fingerprint density at radius 2 is 2.04 bits per heavy atom. The van der Waals surface area contributed by atoms with Gasteiger partial charge in [0.25, 0.3) is 0 Å². The zero-order valence-electron chi connectivity index (χ0n) is 12.4. The van der Waals surface area contributed by atoms with Crippen LogP contribution in [-0.4, -0.2) is 25.9 Å². The van der Waals surface area contributed by atoms with Crippen LogP contribution in [0.4, 0.5) is 14.7 Å². The predicted octanol–water partition coefficient (Wildman–Crippen LogP) is 2.38. The summed E-state index contributed by atoms with van der Waals surface area (Å²) < 4.78 is 37.0. The van der Waals surface area contributed by atoms with E-state index in [1.54, 1.807) is 6.07 Å². The molecule has 0 radical (unpaired) electrons. The standard InChI is InChI=1S/C14H13F2N5O2/c1-6(2)5-9-18-12-7-3-4-8-11(23-14(15,16)22-8)10(7)19-13(17)21(12)20-9/h3-4,6H,5H2,1-2H3,(H2,17,19). The fourth-order valence-corrected chi connectivity index (χ4v) is 2.59. The fourth-order valence-electron chi connectivity index (χ4n) is 2.59. The summed E-state index contributed by atoms with van der Waals surface area (Å²) in [6, 6.07) is 2.99. The van der Waals surface area contributed by atoms with E-state index in [0.29, 0.717) is 29.2 Å². The number of benzene rings is 1. The highest BCUT2D eigenvalue weighted by molar-refractivity contribution is 5.97. The topological polar surface area (TPSA) is 87.6 Å². The van der Waals surface area contributed by atoms with Crippen molar-refractivity contribution in [2.75, 3.05) is 5.73 Å². The van der Waals surface area contributed by atoms with Gasteiger partial charge in [-0.3, -0.25) is 0 Å². The third kappa shape index (κ3) is 2.11. The summed E-state index contributed by atoms with van der Waals surface area (Å²) in [5.41, 5.74) is 6.52. The number of nitrogen functional groups attached to an aromatic ring is 1. The monoisotopic (exact) mass is 321 g/mol. The SMILES string of the molecule is CC(C)Cc1nc2c3ccc4c(c3nc(N)n2n1)OC(F)(F)O4. The molecule has 0 unspecified atom stereocenters. The number of nitrogens with two attached hydrogens (primary N) is 1. The van der Waals surface area contributed by atoms with Gasteiger partial charge in [0.2, 0.25) is 5.95 Å². The van der Waals surface area contributed by atoms with Crippen molar-refractivity contribution in [2.24, 2.45) is 5.92 Å². The molecule has 0 bridgehead atoms. The maximum Gasteiger partial charge on any atom is 0.586 e. The summed E-state index contributed by atoms with van der Waals surface area (Å²) in [6.45, 7) is 4.09. The molecule has 0 saturated carbocycles. The molecule has 9 heteroatoms. The summed E-state index contributed by atoms with van der Waals surface area (Å²) in [5, 5.41) is 4.84. The lowest BCUT2D eigenvalue weighted by Crippen LogP contribution is -2.26. The molecule has 0 amide bonds. The first-order valence-corrected chi connectivity index (χ1v) is 7.08. The van der Waals surface area contributed by atoms with Gasteiger partial charge in [0.1, 0.15) is 5.52 Å². The summed E-state index contributed by atoms with van der Waals surface area (Å²) in [6.07, 6.45) is -3.04. The average Bonchev–Trinajstić information content (AvgIpc) is 2.98. The summed E-state index contributed by atoms with van der Waals surface area (Å²) in [7, 11) is 0. The number of anilines is 1. The third-order valence-electron chi connectivity index (χ3n) is 3.47. The number of hydrogen-bond donors (Lipinski definition) is 1. The van der Waals surface area contributed by atoms with Crippen molar-refractivity contribution in [3.05, 3.63) is 18.0 Å². The Labute approximate surface area is 129 Å². The number of halogens is 2. The molecule has 0 spiro atoms. The molecule has 3 aromatic rings. The van der Waals surface area contributed by atoms with Crippen LogP contribution in [0.15, 0.2) is 12.1 Å². The van der Waals surface area contributed by atoms with E-state index in [0.717, 1.165) is 0 Å². The molecule has 23 heavy (non-hydrogen) atoms. The Bertz CT molecular complexity index is 938. The number of fused-ring (bicyclic) bond motifs is 5. The van der Waals surface area contributed by atoms with Crippen molar-refractivity contribution in [2.45, 2.75) is 26.6 Å². The van der Waals surface area contributed by atoms with Crippen LogP contribution < -0.4 is 15.2 Å². The summed E-state index contributed by atoms with van der Waals surface area (Å²) >= 11 is 0. The van der Waals surface area contributed by atoms with Crippen molar-refractivity contribution in [3.8, 4) is 11.5 Å². The Morgan fingerprint density at radius 1 is 1.26 bits per heavy atom. The average molecular weight is 321 g/mol. The molecule has 1 aliphatic rings. The molecule has 0 atom stereocenters. The Kier molecular flexibility index (Phi) is 2.66. The lowest BCUT2D eigenvalue weighted by Gasteiger charge is -2.05. The minimum Gasteiger partial charge on any atom is -0.395 e. The van der Waals surface area contributed by atoms with Crippen molar-refractivity contribution in [1.82, 2.24) is 19.6 Å². The van der Waals surface area contributed by atoms with E-state index in [-0.39, 0.29) is 23.0 Å². The Morgan fingerprint density at radius 3 is 2.78 bits per heavy atom. The second-order valence-corrected chi connectivity index (χ2v) is 5.79. The molecule has 4 rings (SSSR count). The van der Waals surface area contributed by atoms with Crippen molar-refractivity contribution >= 4 is 22.5 Å². The Hall–Kier alpha value is -2.71. The van der Waals surface area contributed by atoms with Gasteiger partial charge in [-0.1, -0.05) is 13.8 Å². The highest BCUT2D eigenvalue weighted by Crippen LogP contribution is 2.45. The molecule has 0 fully saturated rings. The third-order valence-corrected chi connectivity index (χ3v) is 3.47. The van der Waals surface area contributed by atoms with E-state index < -0.39 is 6.29 Å². The first-order chi connectivity index (χ1) is 10.8. The minimum atomic E-state index is -3.71. The van der Waals surface area contributed by atoms with Gasteiger partial charge in [-0.25, -0.2) is 9.97 Å². The van der Waals surface area contributed by atoms with E-state index in [2.05, 4.69) is 24.5 Å². The van der Waals surface area contributed by atoms with Crippen LogP contribution in [0.3, 0.4) is 0 Å². The normalized spacial score (nSPS) is 15.9. The maximum absolute atomic E-state index is 13.3. The van der Waals surface area contributed by atoms with E-state index in [9.17, 15) is 8.78 Å². The van der Waals surface area contributed by atoms with Gasteiger partial charge in [0, 0.05) is 11.8 Å². The van der Waals surface area contributed by atoms with E-state index in [1.165, 1.54) is 10.6 Å². The zero-order valence-corrected chi connectivity index (χ0v) is 12.4. The quantitative estimate of drug-likeness (QED) is 0.780. The first kappa shape index (κ1) is 13.9. The van der Waals surface area contributed by atoms with Crippen molar-refractivity contribution in [1.29, 1.82) is 0 Å². The molecule has 1 aliphatic heterocycles. The number of alkyl halides is 2. The van der Waals surface area contributed by atoms with Gasteiger partial charge < -0.3 is 15.2 Å². The number of aromatic nitrogens is 4. The largest absolute Gasteiger partial charge is 0.586 e. The van der Waals surface area contributed by atoms with Gasteiger partial charge in [0.15, 0.2) is 23.0 Å². The number of hydrogen-bond acceptors (Lipinski definition) is 6. The van der Waals surface area contributed by atoms with Gasteiger partial charge in [-0.2, -0.15) is 4.52 Å². The molecular weight excluding hydrogens is 308 g/mol. The first-order valence-electron chi connectivity index (χ1n) is 7.08. The zero-order chi connectivity index (χ0) is 16.4. The van der Waals surface area contributed by atoms with Crippen LogP contribution >= 0.6 is 0 Å². The summed E-state index contributed by atoms with van der Waals surface area (Å²) in [4.78, 5) is 8.59. The molecule has 1 aromatic carbocycles. The maximum atomic E-state index is 13.3. The molecule has 3 heterocycles. The van der Waals surface area contributed by atoms with Gasteiger partial charge in [-0.05, 0) is 18.1 Å². The van der Waals surface area contributed by atoms with Crippen LogP contribution in [0.25, 0.3) is 16.6 Å². The minimum absolute atomic E-state index is 0.0437. The molecule has 120 valence electrons. The van der Waals surface area contributed by atoms with E-state index >= 15 is 0 Å². The van der Waals surface area contributed by atoms with Crippen LogP contribution in [0, 0.1) is 5.92 Å². The number of rotatable bonds is 2. The van der Waals surface area contributed by atoms with Crippen LogP contribution in [0.2, 0.25) is 0 Å². The molecular formula is C14H13F2N5O2. The second-order valence-electron chi connectivity index (χ2n) is 5.79. The van der Waals surface area contributed by atoms with Gasteiger partial charge in [-0.15, -0.1) is 13.9 Å². The molecule has 0 saturated heterocycles. The number of nitrogens with zero attached hydrogens (tertiary/aromatic N) is 4. The highest BCUT2D eigenvalue weighted by Gasteiger charge is 2.44. The number of ether oxygens (including phenoxy) is 2. The predicted molar refractivity (Wildman–Crippen MR) is 77.4 cm³/mol. The highest BCUT2D eigenvalue weighted by atomic mass is 19.3. The van der Waals surface area contributed by atoms with Crippen LogP contribution in [0.5, 0.6) is 11.5 Å². The summed E-state index contributed by atoms with van der Waals surface area (Å²) in [5.74, 6) is 0.800. The van der Waals surface area contributed by atoms with E-state index in [4.69, 9.17) is 5.73 Å².